The number of fused-ring (bicyclic) bond motifs is 1. The van der Waals surface area contributed by atoms with Gasteiger partial charge in [-0.3, -0.25) is 0 Å². The van der Waals surface area contributed by atoms with Crippen molar-refractivity contribution in [2.45, 2.75) is 31.7 Å². The van der Waals surface area contributed by atoms with Gasteiger partial charge in [0.05, 0.1) is 22.6 Å². The number of hydrogen-bond donors (Lipinski definition) is 0. The summed E-state index contributed by atoms with van der Waals surface area (Å²) < 4.78 is 2.04. The minimum Gasteiger partial charge on any atom is -0.244 e. The van der Waals surface area contributed by atoms with E-state index in [1.54, 1.807) is 6.20 Å². The number of nitrogens with zero attached hydrogens (tertiary/aromatic N) is 3. The first-order chi connectivity index (χ1) is 7.36. The quantitative estimate of drug-likeness (QED) is 0.741. The van der Waals surface area contributed by atoms with Gasteiger partial charge in [0.1, 0.15) is 0 Å². The Morgan fingerprint density at radius 2 is 2.13 bits per heavy atom. The zero-order valence-electron chi connectivity index (χ0n) is 8.36. The maximum Gasteiger partial charge on any atom is 0.159 e. The van der Waals surface area contributed by atoms with Crippen LogP contribution in [0.3, 0.4) is 0 Å². The molecule has 3 rings (SSSR count). The van der Waals surface area contributed by atoms with Gasteiger partial charge < -0.3 is 0 Å². The van der Waals surface area contributed by atoms with Crippen LogP contribution < -0.4 is 0 Å². The molecule has 2 aromatic heterocycles. The fraction of sp³-hybridized carbons (Fsp3) is 0.455. The minimum absolute atomic E-state index is 0.522. The molecular weight excluding hydrogens is 210 g/mol. The summed E-state index contributed by atoms with van der Waals surface area (Å²) in [6.07, 6.45) is 8.59. The third-order valence-electron chi connectivity index (χ3n) is 3.11. The smallest absolute Gasteiger partial charge is 0.159 e. The van der Waals surface area contributed by atoms with Crippen LogP contribution in [0.2, 0.25) is 5.02 Å². The summed E-state index contributed by atoms with van der Waals surface area (Å²) in [6.45, 7) is 0. The largest absolute Gasteiger partial charge is 0.244 e. The number of halogens is 1. The topological polar surface area (TPSA) is 30.7 Å². The van der Waals surface area contributed by atoms with E-state index in [0.29, 0.717) is 6.04 Å². The number of aromatic nitrogens is 3. The van der Waals surface area contributed by atoms with Gasteiger partial charge in [-0.15, -0.1) is 0 Å². The van der Waals surface area contributed by atoms with E-state index in [0.717, 1.165) is 16.1 Å². The maximum absolute atomic E-state index is 6.08. The lowest BCUT2D eigenvalue weighted by Gasteiger charge is -2.09. The lowest BCUT2D eigenvalue weighted by molar-refractivity contribution is 0.478. The minimum atomic E-state index is 0.522. The van der Waals surface area contributed by atoms with Gasteiger partial charge in [-0.25, -0.2) is 9.67 Å². The molecule has 0 atom stereocenters. The number of pyridine rings is 1. The molecule has 1 aliphatic rings. The molecule has 2 heterocycles. The molecule has 1 saturated carbocycles. The fourth-order valence-electron chi connectivity index (χ4n) is 2.33. The highest BCUT2D eigenvalue weighted by Gasteiger charge is 2.20. The summed E-state index contributed by atoms with van der Waals surface area (Å²) in [5, 5.41) is 6.11. The predicted molar refractivity (Wildman–Crippen MR) is 60.0 cm³/mol. The zero-order valence-corrected chi connectivity index (χ0v) is 9.11. The van der Waals surface area contributed by atoms with Gasteiger partial charge in [0.25, 0.3) is 0 Å². The van der Waals surface area contributed by atoms with Gasteiger partial charge in [-0.1, -0.05) is 24.4 Å². The molecule has 1 fully saturated rings. The second-order valence-electron chi connectivity index (χ2n) is 4.06. The van der Waals surface area contributed by atoms with E-state index in [-0.39, 0.29) is 0 Å². The van der Waals surface area contributed by atoms with Gasteiger partial charge >= 0.3 is 0 Å². The third kappa shape index (κ3) is 1.42. The molecule has 0 N–H and O–H groups in total. The molecule has 0 aliphatic heterocycles. The van der Waals surface area contributed by atoms with E-state index in [2.05, 4.69) is 10.1 Å². The molecule has 3 nitrogen and oxygen atoms in total. The van der Waals surface area contributed by atoms with Crippen LogP contribution in [0.25, 0.3) is 11.0 Å². The average molecular weight is 222 g/mol. The Morgan fingerprint density at radius 1 is 1.33 bits per heavy atom. The van der Waals surface area contributed by atoms with E-state index in [1.807, 2.05) is 16.9 Å². The van der Waals surface area contributed by atoms with Crippen LogP contribution in [0.5, 0.6) is 0 Å². The molecule has 1 aliphatic carbocycles. The van der Waals surface area contributed by atoms with Crippen LogP contribution in [0.4, 0.5) is 0 Å². The van der Waals surface area contributed by atoms with Crippen molar-refractivity contribution in [1.29, 1.82) is 0 Å². The second-order valence-corrected chi connectivity index (χ2v) is 4.46. The Morgan fingerprint density at radius 3 is 2.93 bits per heavy atom. The molecule has 78 valence electrons. The number of rotatable bonds is 1. The van der Waals surface area contributed by atoms with Gasteiger partial charge in [0, 0.05) is 6.20 Å². The molecule has 0 unspecified atom stereocenters. The summed E-state index contributed by atoms with van der Waals surface area (Å²) in [7, 11) is 0. The molecule has 2 aromatic rings. The van der Waals surface area contributed by atoms with Crippen molar-refractivity contribution in [3.63, 3.8) is 0 Å². The van der Waals surface area contributed by atoms with Crippen LogP contribution in [-0.2, 0) is 0 Å². The lowest BCUT2D eigenvalue weighted by atomic mass is 10.2. The summed E-state index contributed by atoms with van der Waals surface area (Å²) in [5.74, 6) is 0. The van der Waals surface area contributed by atoms with Crippen molar-refractivity contribution in [3.8, 4) is 0 Å². The Bertz CT molecular complexity index is 486. The van der Waals surface area contributed by atoms with Gasteiger partial charge in [-0.05, 0) is 18.9 Å². The highest BCUT2D eigenvalue weighted by atomic mass is 35.5. The first kappa shape index (κ1) is 9.16. The highest BCUT2D eigenvalue weighted by Crippen LogP contribution is 2.32. The van der Waals surface area contributed by atoms with Crippen molar-refractivity contribution >= 4 is 22.6 Å². The van der Waals surface area contributed by atoms with Crippen molar-refractivity contribution in [3.05, 3.63) is 23.5 Å². The van der Waals surface area contributed by atoms with E-state index >= 15 is 0 Å². The fourth-order valence-corrected chi connectivity index (χ4v) is 2.52. The molecule has 0 amide bonds. The van der Waals surface area contributed by atoms with Crippen molar-refractivity contribution in [2.24, 2.45) is 0 Å². The Labute approximate surface area is 93.1 Å². The van der Waals surface area contributed by atoms with Crippen molar-refractivity contribution in [1.82, 2.24) is 14.8 Å². The summed E-state index contributed by atoms with van der Waals surface area (Å²) in [5.41, 5.74) is 0.925. The summed E-state index contributed by atoms with van der Waals surface area (Å²) in [6, 6.07) is 2.33. The average Bonchev–Trinajstić information content (AvgIpc) is 2.85. The van der Waals surface area contributed by atoms with E-state index < -0.39 is 0 Å². The molecule has 0 spiro atoms. The summed E-state index contributed by atoms with van der Waals surface area (Å²) in [4.78, 5) is 4.36. The van der Waals surface area contributed by atoms with Crippen molar-refractivity contribution < 1.29 is 0 Å². The predicted octanol–water partition coefficient (Wildman–Crippen LogP) is 3.20. The molecule has 0 aromatic carbocycles. The first-order valence-electron chi connectivity index (χ1n) is 5.34. The maximum atomic E-state index is 6.08. The standard InChI is InChI=1S/C11H12ClN3/c12-10-5-6-13-11-9(10)7-14-15(11)8-3-1-2-4-8/h5-8H,1-4H2. The molecule has 0 radical (unpaired) electrons. The lowest BCUT2D eigenvalue weighted by Crippen LogP contribution is -2.06. The Balaban J connectivity index is 2.15. The van der Waals surface area contributed by atoms with E-state index in [9.17, 15) is 0 Å². The normalized spacial score (nSPS) is 17.7. The van der Waals surface area contributed by atoms with Gasteiger partial charge in [-0.2, -0.15) is 5.10 Å². The molecular formula is C11H12ClN3. The molecule has 0 saturated heterocycles. The molecule has 0 bridgehead atoms. The Kier molecular flexibility index (Phi) is 2.13. The Hall–Kier alpha value is -1.09. The summed E-state index contributed by atoms with van der Waals surface area (Å²) >= 11 is 6.08. The van der Waals surface area contributed by atoms with Crippen LogP contribution in [-0.4, -0.2) is 14.8 Å². The highest BCUT2D eigenvalue weighted by molar-refractivity contribution is 6.35. The monoisotopic (exact) mass is 221 g/mol. The zero-order chi connectivity index (χ0) is 10.3. The van der Waals surface area contributed by atoms with Crippen LogP contribution in [0.15, 0.2) is 18.5 Å². The van der Waals surface area contributed by atoms with E-state index in [4.69, 9.17) is 11.6 Å². The molecule has 4 heteroatoms. The first-order valence-corrected chi connectivity index (χ1v) is 5.72. The molecule has 15 heavy (non-hydrogen) atoms. The van der Waals surface area contributed by atoms with Crippen LogP contribution in [0, 0.1) is 0 Å². The number of hydrogen-bond acceptors (Lipinski definition) is 2. The van der Waals surface area contributed by atoms with Gasteiger partial charge in [0.15, 0.2) is 5.65 Å². The third-order valence-corrected chi connectivity index (χ3v) is 3.44. The van der Waals surface area contributed by atoms with Crippen LogP contribution >= 0.6 is 11.6 Å². The van der Waals surface area contributed by atoms with E-state index in [1.165, 1.54) is 25.7 Å². The van der Waals surface area contributed by atoms with Gasteiger partial charge in [0.2, 0.25) is 0 Å². The second kappa shape index (κ2) is 3.49. The SMILES string of the molecule is Clc1ccnc2c1cnn2C1CCCC1. The van der Waals surface area contributed by atoms with Crippen molar-refractivity contribution in [2.75, 3.05) is 0 Å². The van der Waals surface area contributed by atoms with Crippen LogP contribution in [0.1, 0.15) is 31.7 Å².